The highest BCUT2D eigenvalue weighted by Crippen LogP contribution is 2.47. The topological polar surface area (TPSA) is 32.3 Å². The monoisotopic (exact) mass is 264 g/mol. The van der Waals surface area contributed by atoms with E-state index in [1.54, 1.807) is 11.3 Å². The van der Waals surface area contributed by atoms with Gasteiger partial charge in [0, 0.05) is 10.9 Å². The Morgan fingerprint density at radius 2 is 2.17 bits per heavy atom. The Balaban J connectivity index is 1.94. The van der Waals surface area contributed by atoms with Crippen LogP contribution < -0.4 is 5.32 Å². The lowest BCUT2D eigenvalue weighted by atomic mass is 10.0. The van der Waals surface area contributed by atoms with Crippen molar-refractivity contribution in [3.8, 4) is 0 Å². The van der Waals surface area contributed by atoms with E-state index >= 15 is 0 Å². The van der Waals surface area contributed by atoms with E-state index in [1.807, 2.05) is 0 Å². The van der Waals surface area contributed by atoms with Crippen LogP contribution in [0.5, 0.6) is 0 Å². The maximum absolute atomic E-state index is 12.6. The molecule has 0 bridgehead atoms. The van der Waals surface area contributed by atoms with Crippen LogP contribution in [0.1, 0.15) is 44.7 Å². The van der Waals surface area contributed by atoms with Crippen molar-refractivity contribution in [2.24, 2.45) is 5.92 Å². The molecule has 1 aliphatic carbocycles. The van der Waals surface area contributed by atoms with E-state index in [4.69, 9.17) is 0 Å². The molecule has 2 unspecified atom stereocenters. The molecular weight excluding hydrogens is 244 g/mol. The summed E-state index contributed by atoms with van der Waals surface area (Å²) in [4.78, 5) is 15.9. The van der Waals surface area contributed by atoms with Crippen LogP contribution >= 0.6 is 11.3 Å². The molecule has 2 aliphatic rings. The molecule has 0 aromatic carbocycles. The van der Waals surface area contributed by atoms with Gasteiger partial charge in [-0.3, -0.25) is 10.1 Å². The predicted octanol–water partition coefficient (Wildman–Crippen LogP) is 2.76. The normalized spacial score (nSPS) is 27.2. The van der Waals surface area contributed by atoms with Gasteiger partial charge in [-0.2, -0.15) is 0 Å². The van der Waals surface area contributed by atoms with Crippen molar-refractivity contribution in [1.82, 2.24) is 10.2 Å². The minimum Gasteiger partial charge on any atom is -0.318 e. The summed E-state index contributed by atoms with van der Waals surface area (Å²) in [5, 5.41) is 5.65. The van der Waals surface area contributed by atoms with Gasteiger partial charge < -0.3 is 4.90 Å². The van der Waals surface area contributed by atoms with E-state index in [0.717, 1.165) is 12.8 Å². The number of nitrogens with one attached hydrogen (secondary N) is 1. The predicted molar refractivity (Wildman–Crippen MR) is 73.3 cm³/mol. The SMILES string of the molecule is CC(C)C(C)N1C(=O)C2(CC2)NC1c1cccs1. The van der Waals surface area contributed by atoms with E-state index in [1.165, 1.54) is 4.88 Å². The van der Waals surface area contributed by atoms with Crippen molar-refractivity contribution in [2.45, 2.75) is 51.4 Å². The van der Waals surface area contributed by atoms with E-state index in [2.05, 4.69) is 48.5 Å². The zero-order valence-corrected chi connectivity index (χ0v) is 12.0. The van der Waals surface area contributed by atoms with Crippen molar-refractivity contribution in [3.05, 3.63) is 22.4 Å². The summed E-state index contributed by atoms with van der Waals surface area (Å²) in [7, 11) is 0. The first-order valence-corrected chi connectivity index (χ1v) is 7.57. The zero-order chi connectivity index (χ0) is 12.9. The van der Waals surface area contributed by atoms with Gasteiger partial charge in [-0.05, 0) is 37.1 Å². The summed E-state index contributed by atoms with van der Waals surface area (Å²) < 4.78 is 0. The Morgan fingerprint density at radius 3 is 2.67 bits per heavy atom. The molecule has 1 aromatic rings. The molecule has 1 spiro atoms. The summed E-state index contributed by atoms with van der Waals surface area (Å²) in [5.41, 5.74) is -0.224. The third-order valence-corrected chi connectivity index (χ3v) is 5.23. The minimum absolute atomic E-state index is 0.0809. The number of hydrogen-bond acceptors (Lipinski definition) is 3. The Labute approximate surface area is 112 Å². The van der Waals surface area contributed by atoms with Crippen molar-refractivity contribution in [2.75, 3.05) is 0 Å². The molecule has 2 fully saturated rings. The molecule has 3 rings (SSSR count). The molecule has 1 saturated heterocycles. The summed E-state index contributed by atoms with van der Waals surface area (Å²) in [5.74, 6) is 0.786. The molecule has 4 heteroatoms. The van der Waals surface area contributed by atoms with Gasteiger partial charge in [0.1, 0.15) is 11.7 Å². The molecule has 2 heterocycles. The van der Waals surface area contributed by atoms with Crippen molar-refractivity contribution >= 4 is 17.2 Å². The highest BCUT2D eigenvalue weighted by atomic mass is 32.1. The van der Waals surface area contributed by atoms with Gasteiger partial charge in [-0.25, -0.2) is 0 Å². The van der Waals surface area contributed by atoms with Crippen LogP contribution in [0.2, 0.25) is 0 Å². The average molecular weight is 264 g/mol. The second-order valence-electron chi connectivity index (χ2n) is 5.84. The maximum atomic E-state index is 12.6. The number of carbonyl (C=O) groups excluding carboxylic acids is 1. The van der Waals surface area contributed by atoms with Crippen LogP contribution in [0.3, 0.4) is 0 Å². The van der Waals surface area contributed by atoms with Gasteiger partial charge >= 0.3 is 0 Å². The molecule has 1 amide bonds. The second-order valence-corrected chi connectivity index (χ2v) is 6.82. The minimum atomic E-state index is -0.224. The summed E-state index contributed by atoms with van der Waals surface area (Å²) in [6.45, 7) is 6.52. The van der Waals surface area contributed by atoms with E-state index in [-0.39, 0.29) is 17.7 Å². The van der Waals surface area contributed by atoms with Crippen molar-refractivity contribution < 1.29 is 4.79 Å². The lowest BCUT2D eigenvalue weighted by Gasteiger charge is -2.32. The number of amides is 1. The van der Waals surface area contributed by atoms with Gasteiger partial charge in [0.05, 0.1) is 0 Å². The zero-order valence-electron chi connectivity index (χ0n) is 11.1. The molecule has 1 aliphatic heterocycles. The highest BCUT2D eigenvalue weighted by molar-refractivity contribution is 7.10. The third-order valence-electron chi connectivity index (χ3n) is 4.30. The molecule has 1 aromatic heterocycles. The Hall–Kier alpha value is -0.870. The summed E-state index contributed by atoms with van der Waals surface area (Å²) in [6.07, 6.45) is 2.07. The standard InChI is InChI=1S/C14H20N2OS/c1-9(2)10(3)16-12(11-5-4-8-18-11)15-14(6-7-14)13(16)17/h4-5,8-10,12,15H,6-7H2,1-3H3. The summed E-state index contributed by atoms with van der Waals surface area (Å²) >= 11 is 1.73. The number of nitrogens with zero attached hydrogens (tertiary/aromatic N) is 1. The van der Waals surface area contributed by atoms with E-state index in [0.29, 0.717) is 11.8 Å². The molecule has 18 heavy (non-hydrogen) atoms. The lowest BCUT2D eigenvalue weighted by molar-refractivity contribution is -0.133. The van der Waals surface area contributed by atoms with Crippen LogP contribution in [0.4, 0.5) is 0 Å². The molecular formula is C14H20N2OS. The van der Waals surface area contributed by atoms with Gasteiger partial charge in [-0.1, -0.05) is 19.9 Å². The Morgan fingerprint density at radius 1 is 1.44 bits per heavy atom. The molecule has 98 valence electrons. The van der Waals surface area contributed by atoms with Crippen LogP contribution in [-0.2, 0) is 4.79 Å². The number of thiophene rings is 1. The fraction of sp³-hybridized carbons (Fsp3) is 0.643. The fourth-order valence-corrected chi connectivity index (χ4v) is 3.41. The first-order chi connectivity index (χ1) is 8.55. The molecule has 0 radical (unpaired) electrons. The van der Waals surface area contributed by atoms with E-state index < -0.39 is 0 Å². The number of rotatable bonds is 3. The Bertz CT molecular complexity index is 450. The fourth-order valence-electron chi connectivity index (χ4n) is 2.64. The molecule has 2 atom stereocenters. The summed E-state index contributed by atoms with van der Waals surface area (Å²) in [6, 6.07) is 4.45. The van der Waals surface area contributed by atoms with E-state index in [9.17, 15) is 4.79 Å². The molecule has 3 nitrogen and oxygen atoms in total. The maximum Gasteiger partial charge on any atom is 0.244 e. The molecule has 1 N–H and O–H groups in total. The largest absolute Gasteiger partial charge is 0.318 e. The first-order valence-electron chi connectivity index (χ1n) is 6.69. The smallest absolute Gasteiger partial charge is 0.244 e. The highest BCUT2D eigenvalue weighted by Gasteiger charge is 2.60. The molecule has 1 saturated carbocycles. The van der Waals surface area contributed by atoms with Crippen molar-refractivity contribution in [1.29, 1.82) is 0 Å². The van der Waals surface area contributed by atoms with Crippen LogP contribution in [0.15, 0.2) is 17.5 Å². The second kappa shape index (κ2) is 4.07. The quantitative estimate of drug-likeness (QED) is 0.910. The van der Waals surface area contributed by atoms with Gasteiger partial charge in [-0.15, -0.1) is 11.3 Å². The van der Waals surface area contributed by atoms with Crippen molar-refractivity contribution in [3.63, 3.8) is 0 Å². The Kier molecular flexibility index (Phi) is 2.75. The average Bonchev–Trinajstić information content (AvgIpc) is 2.82. The van der Waals surface area contributed by atoms with Crippen LogP contribution in [-0.4, -0.2) is 22.4 Å². The van der Waals surface area contributed by atoms with Gasteiger partial charge in [0.25, 0.3) is 0 Å². The van der Waals surface area contributed by atoms with Gasteiger partial charge in [0.15, 0.2) is 0 Å². The lowest BCUT2D eigenvalue weighted by Crippen LogP contribution is -2.41. The third kappa shape index (κ3) is 1.70. The first kappa shape index (κ1) is 12.2. The number of carbonyl (C=O) groups is 1. The van der Waals surface area contributed by atoms with Crippen LogP contribution in [0.25, 0.3) is 0 Å². The number of hydrogen-bond donors (Lipinski definition) is 1. The van der Waals surface area contributed by atoms with Crippen LogP contribution in [0, 0.1) is 5.92 Å². The van der Waals surface area contributed by atoms with Gasteiger partial charge in [0.2, 0.25) is 5.91 Å².